The zero-order chi connectivity index (χ0) is 7.98. The number of rotatable bonds is 5. The predicted molar refractivity (Wildman–Crippen MR) is 49.7 cm³/mol. The van der Waals surface area contributed by atoms with Crippen LogP contribution in [0, 0.1) is 0 Å². The van der Waals surface area contributed by atoms with Crippen molar-refractivity contribution in [3.63, 3.8) is 0 Å². The molecule has 0 spiro atoms. The average molecular weight is 160 g/mol. The zero-order valence-electron chi connectivity index (χ0n) is 7.57. The molecule has 3 heteroatoms. The van der Waals surface area contributed by atoms with Crippen molar-refractivity contribution in [2.75, 3.05) is 0 Å². The maximum atomic E-state index is 3.49. The Kier molecular flexibility index (Phi) is 5.97. The van der Waals surface area contributed by atoms with Gasteiger partial charge in [-0.05, 0) is 18.5 Å². The minimum atomic E-state index is -0.195. The third-order valence-corrected chi connectivity index (χ3v) is 3.49. The maximum Gasteiger partial charge on any atom is 0.167 e. The molecule has 0 saturated carbocycles. The highest BCUT2D eigenvalue weighted by molar-refractivity contribution is 6.28. The summed E-state index contributed by atoms with van der Waals surface area (Å²) in [6.45, 7) is 8.81. The van der Waals surface area contributed by atoms with Crippen LogP contribution in [0.5, 0.6) is 0 Å². The molecule has 10 heavy (non-hydrogen) atoms. The van der Waals surface area contributed by atoms with Crippen molar-refractivity contribution < 1.29 is 0 Å². The highest BCUT2D eigenvalue weighted by Gasteiger charge is 1.96. The van der Waals surface area contributed by atoms with Gasteiger partial charge in [0.2, 0.25) is 0 Å². The van der Waals surface area contributed by atoms with Crippen molar-refractivity contribution in [2.45, 2.75) is 46.2 Å². The SMILES string of the molecule is CCC(C)N[SiH2]NC(C)C. The molecule has 0 aromatic carbocycles. The molecule has 0 aliphatic carbocycles. The van der Waals surface area contributed by atoms with Gasteiger partial charge in [0.25, 0.3) is 0 Å². The Hall–Kier alpha value is 0.137. The van der Waals surface area contributed by atoms with Crippen molar-refractivity contribution in [3.8, 4) is 0 Å². The van der Waals surface area contributed by atoms with Crippen molar-refractivity contribution in [1.82, 2.24) is 9.96 Å². The van der Waals surface area contributed by atoms with E-state index < -0.39 is 0 Å². The smallest absolute Gasteiger partial charge is 0.167 e. The first kappa shape index (κ1) is 10.1. The fourth-order valence-corrected chi connectivity index (χ4v) is 1.74. The zero-order valence-corrected chi connectivity index (χ0v) is 8.98. The van der Waals surface area contributed by atoms with E-state index >= 15 is 0 Å². The molecule has 0 aromatic heterocycles. The normalized spacial score (nSPS) is 15.3. The maximum absolute atomic E-state index is 3.49. The molecular weight excluding hydrogens is 140 g/mol. The van der Waals surface area contributed by atoms with E-state index in [-0.39, 0.29) is 9.84 Å². The van der Waals surface area contributed by atoms with Crippen LogP contribution in [-0.2, 0) is 0 Å². The van der Waals surface area contributed by atoms with Gasteiger partial charge in [0, 0.05) is 0 Å². The summed E-state index contributed by atoms with van der Waals surface area (Å²) in [5.41, 5.74) is 0. The lowest BCUT2D eigenvalue weighted by molar-refractivity contribution is 0.637. The fourth-order valence-electron chi connectivity index (χ4n) is 0.582. The second-order valence-electron chi connectivity index (χ2n) is 3.05. The van der Waals surface area contributed by atoms with Gasteiger partial charge in [-0.25, -0.2) is 0 Å². The Balaban J connectivity index is 3.03. The molecule has 0 aliphatic heterocycles. The van der Waals surface area contributed by atoms with Gasteiger partial charge in [0.05, 0.1) is 0 Å². The van der Waals surface area contributed by atoms with E-state index in [1.54, 1.807) is 0 Å². The molecule has 0 saturated heterocycles. The molecule has 2 N–H and O–H groups in total. The Bertz CT molecular complexity index is 76.0. The number of hydrogen-bond donors (Lipinski definition) is 2. The van der Waals surface area contributed by atoms with E-state index in [0.717, 1.165) is 0 Å². The van der Waals surface area contributed by atoms with E-state index in [2.05, 4.69) is 37.7 Å². The largest absolute Gasteiger partial charge is 0.328 e. The molecule has 0 fully saturated rings. The van der Waals surface area contributed by atoms with Gasteiger partial charge in [0.15, 0.2) is 9.84 Å². The molecule has 0 aliphatic rings. The number of hydrogen-bond acceptors (Lipinski definition) is 2. The highest BCUT2D eigenvalue weighted by atomic mass is 28.2. The van der Waals surface area contributed by atoms with E-state index in [1.165, 1.54) is 6.42 Å². The summed E-state index contributed by atoms with van der Waals surface area (Å²) in [4.78, 5) is 6.93. The Morgan fingerprint density at radius 3 is 2.20 bits per heavy atom. The molecule has 0 rings (SSSR count). The minimum absolute atomic E-state index is 0.195. The second kappa shape index (κ2) is 5.89. The number of nitrogens with one attached hydrogen (secondary N) is 2. The summed E-state index contributed by atoms with van der Waals surface area (Å²) in [6, 6.07) is 1.33. The quantitative estimate of drug-likeness (QED) is 0.568. The Labute approximate surface area is 66.8 Å². The van der Waals surface area contributed by atoms with E-state index in [1.807, 2.05) is 0 Å². The third kappa shape index (κ3) is 6.26. The van der Waals surface area contributed by atoms with Crippen LogP contribution >= 0.6 is 0 Å². The molecule has 2 nitrogen and oxygen atoms in total. The summed E-state index contributed by atoms with van der Waals surface area (Å²) in [5.74, 6) is 0. The molecule has 62 valence electrons. The summed E-state index contributed by atoms with van der Waals surface area (Å²) in [7, 11) is -0.195. The summed E-state index contributed by atoms with van der Waals surface area (Å²) < 4.78 is 0. The van der Waals surface area contributed by atoms with Crippen molar-refractivity contribution in [2.24, 2.45) is 0 Å². The topological polar surface area (TPSA) is 24.1 Å². The van der Waals surface area contributed by atoms with Crippen LogP contribution in [0.25, 0.3) is 0 Å². The summed E-state index contributed by atoms with van der Waals surface area (Å²) >= 11 is 0. The van der Waals surface area contributed by atoms with Crippen molar-refractivity contribution in [3.05, 3.63) is 0 Å². The van der Waals surface area contributed by atoms with Crippen LogP contribution in [0.4, 0.5) is 0 Å². The third-order valence-electron chi connectivity index (χ3n) is 1.57. The van der Waals surface area contributed by atoms with Crippen LogP contribution in [0.2, 0.25) is 0 Å². The lowest BCUT2D eigenvalue weighted by Crippen LogP contribution is -2.41. The Morgan fingerprint density at radius 2 is 1.80 bits per heavy atom. The van der Waals surface area contributed by atoms with Crippen LogP contribution in [-0.4, -0.2) is 21.9 Å². The first-order valence-corrected chi connectivity index (χ1v) is 5.55. The summed E-state index contributed by atoms with van der Waals surface area (Å²) in [5, 5.41) is 0. The van der Waals surface area contributed by atoms with Gasteiger partial charge in [-0.1, -0.05) is 27.7 Å². The Morgan fingerprint density at radius 1 is 1.20 bits per heavy atom. The highest BCUT2D eigenvalue weighted by Crippen LogP contribution is 1.84. The minimum Gasteiger partial charge on any atom is -0.328 e. The van der Waals surface area contributed by atoms with Crippen LogP contribution in [0.1, 0.15) is 34.1 Å². The van der Waals surface area contributed by atoms with Gasteiger partial charge < -0.3 is 9.96 Å². The average Bonchev–Trinajstić information content (AvgIpc) is 1.87. The van der Waals surface area contributed by atoms with E-state index in [0.29, 0.717) is 12.1 Å². The first-order chi connectivity index (χ1) is 4.66. The summed E-state index contributed by atoms with van der Waals surface area (Å²) in [6.07, 6.45) is 1.23. The van der Waals surface area contributed by atoms with E-state index in [4.69, 9.17) is 0 Å². The van der Waals surface area contributed by atoms with Crippen molar-refractivity contribution >= 4 is 9.84 Å². The van der Waals surface area contributed by atoms with Crippen LogP contribution in [0.15, 0.2) is 0 Å². The monoisotopic (exact) mass is 160 g/mol. The van der Waals surface area contributed by atoms with Gasteiger partial charge in [0.1, 0.15) is 0 Å². The molecular formula is C7H20N2Si. The molecule has 0 aromatic rings. The van der Waals surface area contributed by atoms with Crippen LogP contribution in [0.3, 0.4) is 0 Å². The first-order valence-electron chi connectivity index (χ1n) is 4.13. The molecule has 1 unspecified atom stereocenters. The van der Waals surface area contributed by atoms with Gasteiger partial charge >= 0.3 is 0 Å². The van der Waals surface area contributed by atoms with E-state index in [9.17, 15) is 0 Å². The standard InChI is InChI=1S/C7H20N2Si/c1-5-7(4)9-10-8-6(2)3/h6-9H,5,10H2,1-4H3. The molecule has 0 heterocycles. The predicted octanol–water partition coefficient (Wildman–Crippen LogP) is 0.371. The molecule has 0 bridgehead atoms. The lowest BCUT2D eigenvalue weighted by Gasteiger charge is -2.13. The van der Waals surface area contributed by atoms with Gasteiger partial charge in [-0.2, -0.15) is 0 Å². The second-order valence-corrected chi connectivity index (χ2v) is 4.22. The van der Waals surface area contributed by atoms with Crippen molar-refractivity contribution in [1.29, 1.82) is 0 Å². The molecule has 0 radical (unpaired) electrons. The van der Waals surface area contributed by atoms with Gasteiger partial charge in [-0.15, -0.1) is 0 Å². The molecule has 1 atom stereocenters. The fraction of sp³-hybridized carbons (Fsp3) is 1.00. The molecule has 0 amide bonds. The lowest BCUT2D eigenvalue weighted by atomic mass is 10.3. The van der Waals surface area contributed by atoms with Crippen LogP contribution < -0.4 is 9.96 Å². The van der Waals surface area contributed by atoms with Gasteiger partial charge in [-0.3, -0.25) is 0 Å².